The number of unbranched alkanes of at least 4 members (excludes halogenated alkanes) is 3. The molecule has 0 saturated heterocycles. The number of ketones is 1. The Morgan fingerprint density at radius 2 is 1.85 bits per heavy atom. The second-order valence-corrected chi connectivity index (χ2v) is 6.60. The van der Waals surface area contributed by atoms with Crippen LogP contribution in [0.2, 0.25) is 0 Å². The number of phenolic OH excluding ortho intramolecular Hbond substituents is 1. The summed E-state index contributed by atoms with van der Waals surface area (Å²) in [5, 5.41) is 20.0. The van der Waals surface area contributed by atoms with Crippen LogP contribution in [0, 0.1) is 0 Å². The molecule has 0 atom stereocenters. The molecule has 0 saturated carbocycles. The van der Waals surface area contributed by atoms with Crippen molar-refractivity contribution >= 4 is 22.7 Å². The Balaban J connectivity index is 1.96. The number of aromatic hydroxyl groups is 1. The van der Waals surface area contributed by atoms with E-state index in [0.717, 1.165) is 25.7 Å². The molecule has 0 radical (unpaired) electrons. The van der Waals surface area contributed by atoms with E-state index in [1.807, 2.05) is 0 Å². The SMILES string of the molecule is CCCCCCC(=O)c1cccc2oc(-c3cc(C(=O)O)ccc3O)cc12. The maximum Gasteiger partial charge on any atom is 0.335 e. The number of carboxylic acid groups (broad SMARTS) is 1. The van der Waals surface area contributed by atoms with Crippen LogP contribution in [0.15, 0.2) is 46.9 Å². The van der Waals surface area contributed by atoms with Crippen LogP contribution in [-0.4, -0.2) is 22.0 Å². The number of fused-ring (bicyclic) bond motifs is 1. The molecule has 0 aliphatic heterocycles. The molecule has 2 aromatic carbocycles. The molecule has 27 heavy (non-hydrogen) atoms. The highest BCUT2D eigenvalue weighted by molar-refractivity contribution is 6.08. The molecule has 1 aromatic heterocycles. The minimum absolute atomic E-state index is 0.0514. The highest BCUT2D eigenvalue weighted by Crippen LogP contribution is 2.35. The van der Waals surface area contributed by atoms with Gasteiger partial charge in [0.15, 0.2) is 5.78 Å². The van der Waals surface area contributed by atoms with Gasteiger partial charge in [0.25, 0.3) is 0 Å². The highest BCUT2D eigenvalue weighted by atomic mass is 16.4. The lowest BCUT2D eigenvalue weighted by Gasteiger charge is -2.02. The van der Waals surface area contributed by atoms with Crippen molar-refractivity contribution in [2.75, 3.05) is 0 Å². The zero-order chi connectivity index (χ0) is 19.4. The summed E-state index contributed by atoms with van der Waals surface area (Å²) < 4.78 is 5.80. The van der Waals surface area contributed by atoms with Gasteiger partial charge in [-0.05, 0) is 36.8 Å². The molecule has 0 aliphatic carbocycles. The van der Waals surface area contributed by atoms with Gasteiger partial charge in [0, 0.05) is 17.4 Å². The number of aromatic carboxylic acids is 1. The van der Waals surface area contributed by atoms with Crippen molar-refractivity contribution in [2.45, 2.75) is 39.0 Å². The zero-order valence-electron chi connectivity index (χ0n) is 15.2. The van der Waals surface area contributed by atoms with Crippen LogP contribution >= 0.6 is 0 Å². The predicted octanol–water partition coefficient (Wildman–Crippen LogP) is 5.66. The van der Waals surface area contributed by atoms with Gasteiger partial charge in [0.05, 0.1) is 11.1 Å². The van der Waals surface area contributed by atoms with Gasteiger partial charge >= 0.3 is 5.97 Å². The smallest absolute Gasteiger partial charge is 0.335 e. The Hall–Kier alpha value is -3.08. The molecule has 0 fully saturated rings. The number of Topliss-reactive ketones (excluding diaryl/α,β-unsaturated/α-hetero) is 1. The topological polar surface area (TPSA) is 87.7 Å². The van der Waals surface area contributed by atoms with E-state index in [0.29, 0.717) is 28.7 Å². The van der Waals surface area contributed by atoms with Crippen molar-refractivity contribution in [3.8, 4) is 17.1 Å². The van der Waals surface area contributed by atoms with Crippen LogP contribution < -0.4 is 0 Å². The summed E-state index contributed by atoms with van der Waals surface area (Å²) in [6, 6.07) is 11.0. The van der Waals surface area contributed by atoms with Crippen molar-refractivity contribution < 1.29 is 24.2 Å². The van der Waals surface area contributed by atoms with Crippen LogP contribution in [0.5, 0.6) is 5.75 Å². The molecule has 140 valence electrons. The summed E-state index contributed by atoms with van der Waals surface area (Å²) in [5.41, 5.74) is 1.46. The largest absolute Gasteiger partial charge is 0.507 e. The van der Waals surface area contributed by atoms with Crippen LogP contribution in [0.4, 0.5) is 0 Å². The van der Waals surface area contributed by atoms with Gasteiger partial charge in [0.1, 0.15) is 17.1 Å². The summed E-state index contributed by atoms with van der Waals surface area (Å²) in [5.74, 6) is -0.772. The number of carboxylic acids is 1. The lowest BCUT2D eigenvalue weighted by Crippen LogP contribution is -1.99. The number of rotatable bonds is 8. The zero-order valence-corrected chi connectivity index (χ0v) is 15.2. The molecular formula is C22H22O5. The van der Waals surface area contributed by atoms with E-state index in [9.17, 15) is 14.7 Å². The normalized spacial score (nSPS) is 11.0. The van der Waals surface area contributed by atoms with Gasteiger partial charge in [-0.1, -0.05) is 38.3 Å². The first-order valence-corrected chi connectivity index (χ1v) is 9.13. The quantitative estimate of drug-likeness (QED) is 0.397. The predicted molar refractivity (Wildman–Crippen MR) is 103 cm³/mol. The van der Waals surface area contributed by atoms with Gasteiger partial charge in [-0.2, -0.15) is 0 Å². The summed E-state index contributed by atoms with van der Waals surface area (Å²) in [7, 11) is 0. The van der Waals surface area contributed by atoms with E-state index in [1.54, 1.807) is 24.3 Å². The van der Waals surface area contributed by atoms with Crippen LogP contribution in [0.25, 0.3) is 22.3 Å². The van der Waals surface area contributed by atoms with Crippen LogP contribution in [0.3, 0.4) is 0 Å². The van der Waals surface area contributed by atoms with Gasteiger partial charge < -0.3 is 14.6 Å². The van der Waals surface area contributed by atoms with Crippen LogP contribution in [0.1, 0.15) is 59.7 Å². The van der Waals surface area contributed by atoms with E-state index >= 15 is 0 Å². The molecule has 0 aliphatic rings. The Labute approximate surface area is 157 Å². The van der Waals surface area contributed by atoms with Crippen molar-refractivity contribution in [1.29, 1.82) is 0 Å². The molecule has 3 rings (SSSR count). The monoisotopic (exact) mass is 366 g/mol. The van der Waals surface area contributed by atoms with E-state index in [4.69, 9.17) is 9.52 Å². The van der Waals surface area contributed by atoms with E-state index in [1.165, 1.54) is 18.2 Å². The number of hydrogen-bond acceptors (Lipinski definition) is 4. The molecule has 0 bridgehead atoms. The average Bonchev–Trinajstić information content (AvgIpc) is 3.09. The Morgan fingerprint density at radius 3 is 2.59 bits per heavy atom. The fourth-order valence-electron chi connectivity index (χ4n) is 3.15. The second kappa shape index (κ2) is 8.08. The first-order chi connectivity index (χ1) is 13.0. The molecule has 2 N–H and O–H groups in total. The van der Waals surface area contributed by atoms with Gasteiger partial charge in [-0.3, -0.25) is 4.79 Å². The molecule has 0 amide bonds. The molecule has 5 nitrogen and oxygen atoms in total. The number of benzene rings is 2. The first-order valence-electron chi connectivity index (χ1n) is 9.13. The second-order valence-electron chi connectivity index (χ2n) is 6.60. The molecule has 0 unspecified atom stereocenters. The van der Waals surface area contributed by atoms with Gasteiger partial charge in [0.2, 0.25) is 0 Å². The average molecular weight is 366 g/mol. The number of carbonyl (C=O) groups is 2. The standard InChI is InChI=1S/C22H22O5/c1-2-3-4-5-8-18(23)15-7-6-9-20-16(15)13-21(27-20)17-12-14(22(25)26)10-11-19(17)24/h6-7,9-13,24H,2-5,8H2,1H3,(H,25,26). The van der Waals surface area contributed by atoms with Crippen molar-refractivity contribution in [1.82, 2.24) is 0 Å². The summed E-state index contributed by atoms with van der Waals surface area (Å²) >= 11 is 0. The van der Waals surface area contributed by atoms with E-state index < -0.39 is 5.97 Å². The maximum atomic E-state index is 12.6. The third-order valence-electron chi connectivity index (χ3n) is 4.63. The Bertz CT molecular complexity index is 984. The van der Waals surface area contributed by atoms with E-state index in [2.05, 4.69) is 6.92 Å². The number of hydrogen-bond donors (Lipinski definition) is 2. The highest BCUT2D eigenvalue weighted by Gasteiger charge is 2.17. The number of carbonyl (C=O) groups excluding carboxylic acids is 1. The fraction of sp³-hybridized carbons (Fsp3) is 0.273. The lowest BCUT2D eigenvalue weighted by molar-refractivity contribution is 0.0696. The Morgan fingerprint density at radius 1 is 1.04 bits per heavy atom. The summed E-state index contributed by atoms with van der Waals surface area (Å²) in [6.45, 7) is 2.13. The minimum Gasteiger partial charge on any atom is -0.507 e. The van der Waals surface area contributed by atoms with Crippen molar-refractivity contribution in [2.24, 2.45) is 0 Å². The molecule has 0 spiro atoms. The first kappa shape index (κ1) is 18.7. The number of furan rings is 1. The van der Waals surface area contributed by atoms with E-state index in [-0.39, 0.29) is 22.7 Å². The number of phenols is 1. The Kier molecular flexibility index (Phi) is 5.60. The third kappa shape index (κ3) is 4.03. The molecule has 5 heteroatoms. The van der Waals surface area contributed by atoms with Crippen LogP contribution in [-0.2, 0) is 0 Å². The molecular weight excluding hydrogens is 344 g/mol. The lowest BCUT2D eigenvalue weighted by atomic mass is 10.0. The summed E-state index contributed by atoms with van der Waals surface area (Å²) in [6.07, 6.45) is 4.61. The summed E-state index contributed by atoms with van der Waals surface area (Å²) in [4.78, 5) is 23.8. The molecule has 1 heterocycles. The maximum absolute atomic E-state index is 12.6. The third-order valence-corrected chi connectivity index (χ3v) is 4.63. The van der Waals surface area contributed by atoms with Crippen molar-refractivity contribution in [3.63, 3.8) is 0 Å². The molecule has 3 aromatic rings. The van der Waals surface area contributed by atoms with Gasteiger partial charge in [-0.15, -0.1) is 0 Å². The minimum atomic E-state index is -1.09. The van der Waals surface area contributed by atoms with Gasteiger partial charge in [-0.25, -0.2) is 4.79 Å². The fourth-order valence-corrected chi connectivity index (χ4v) is 3.15. The van der Waals surface area contributed by atoms with Crippen molar-refractivity contribution in [3.05, 3.63) is 53.6 Å².